The number of hydrogen-bond acceptors (Lipinski definition) is 3. The number of rotatable bonds is 6. The van der Waals surface area contributed by atoms with Gasteiger partial charge in [0.1, 0.15) is 5.82 Å². The zero-order valence-electron chi connectivity index (χ0n) is 42.3. The maximum atomic E-state index is 8.75. The van der Waals surface area contributed by atoms with Crippen LogP contribution in [-0.2, 0) is 26.5 Å². The first-order chi connectivity index (χ1) is 34.1. The molecule has 4 heterocycles. The van der Waals surface area contributed by atoms with Gasteiger partial charge in [-0.3, -0.25) is 0 Å². The fourth-order valence-electron chi connectivity index (χ4n) is 9.95. The summed E-state index contributed by atoms with van der Waals surface area (Å²) in [6.45, 7) is 9.97. The van der Waals surface area contributed by atoms with E-state index >= 15 is 0 Å². The van der Waals surface area contributed by atoms with Gasteiger partial charge in [-0.1, -0.05) is 167 Å². The number of para-hydroxylation sites is 3. The van der Waals surface area contributed by atoms with Gasteiger partial charge >= 0.3 is 0 Å². The van der Waals surface area contributed by atoms with Crippen LogP contribution in [0.3, 0.4) is 0 Å². The van der Waals surface area contributed by atoms with Crippen LogP contribution in [0.15, 0.2) is 176 Å². The van der Waals surface area contributed by atoms with Crippen molar-refractivity contribution in [1.29, 1.82) is 0 Å². The second kappa shape index (κ2) is 16.8. The number of hydrogen-bond donors (Lipinski definition) is 0. The number of pyridine rings is 1. The third kappa shape index (κ3) is 7.20. The molecule has 0 fully saturated rings. The molecule has 0 radical (unpaired) electrons. The van der Waals surface area contributed by atoms with Crippen LogP contribution >= 0.6 is 0 Å². The third-order valence-corrected chi connectivity index (χ3v) is 13.2. The first-order valence-corrected chi connectivity index (χ1v) is 22.8. The average molecular weight is 1070 g/mol. The Kier molecular flexibility index (Phi) is 9.55. The molecule has 6 heteroatoms. The normalized spacial score (nSPS) is 13.6. The van der Waals surface area contributed by atoms with Gasteiger partial charge < -0.3 is 18.8 Å². The molecule has 0 saturated heterocycles. The summed E-state index contributed by atoms with van der Waals surface area (Å²) < 4.78 is 45.6. The summed E-state index contributed by atoms with van der Waals surface area (Å²) in [5.74, 6) is 0.936. The zero-order valence-corrected chi connectivity index (χ0v) is 40.6. The molecule has 3 aromatic heterocycles. The molecule has 5 nitrogen and oxygen atoms in total. The Morgan fingerprint density at radius 1 is 0.632 bits per heavy atom. The summed E-state index contributed by atoms with van der Waals surface area (Å²) in [6.07, 6.45) is 1.77. The van der Waals surface area contributed by atoms with E-state index in [-0.39, 0.29) is 26.5 Å². The van der Waals surface area contributed by atoms with E-state index in [0.717, 1.165) is 98.8 Å². The van der Waals surface area contributed by atoms with Crippen molar-refractivity contribution in [2.75, 3.05) is 4.90 Å². The van der Waals surface area contributed by atoms with Gasteiger partial charge in [-0.25, -0.2) is 4.98 Å². The Labute approximate surface area is 417 Å². The Bertz CT molecular complexity index is 4010. The molecule has 0 spiro atoms. The van der Waals surface area contributed by atoms with E-state index in [1.807, 2.05) is 74.5 Å². The Hall–Kier alpha value is -7.33. The van der Waals surface area contributed by atoms with Crippen LogP contribution in [0.2, 0.25) is 0 Å². The van der Waals surface area contributed by atoms with Crippen LogP contribution in [0, 0.1) is 25.7 Å². The van der Waals surface area contributed by atoms with E-state index in [4.69, 9.17) is 15.2 Å². The Morgan fingerprint density at radius 3 is 2.00 bits per heavy atom. The molecular weight excluding hydrogens is 1010 g/mol. The fraction of sp³-hybridized carbons (Fsp3) is 0.129. The second-order valence-electron chi connectivity index (χ2n) is 18.7. The van der Waals surface area contributed by atoms with Crippen molar-refractivity contribution in [2.45, 2.75) is 52.8 Å². The van der Waals surface area contributed by atoms with Crippen molar-refractivity contribution >= 4 is 76.5 Å². The van der Waals surface area contributed by atoms with E-state index in [2.05, 4.69) is 163 Å². The second-order valence-corrected chi connectivity index (χ2v) is 18.7. The molecule has 12 rings (SSSR count). The minimum absolute atomic E-state index is 0. The molecule has 0 unspecified atom stereocenters. The van der Waals surface area contributed by atoms with Gasteiger partial charge in [0, 0.05) is 55.4 Å². The fourth-order valence-corrected chi connectivity index (χ4v) is 9.95. The average Bonchev–Trinajstić information content (AvgIpc) is 3.92. The molecule has 11 aromatic rings. The summed E-state index contributed by atoms with van der Waals surface area (Å²) >= 11 is 0. The van der Waals surface area contributed by atoms with Crippen LogP contribution in [0.1, 0.15) is 62.7 Å². The Balaban J connectivity index is 0.00000560. The monoisotopic (exact) mass is 1060 g/mol. The molecule has 0 amide bonds. The van der Waals surface area contributed by atoms with Gasteiger partial charge in [0.25, 0.3) is 0 Å². The summed E-state index contributed by atoms with van der Waals surface area (Å²) in [5, 5.41) is 8.54. The molecule has 336 valence electrons. The number of benzene rings is 8. The molecule has 1 aliphatic rings. The molecule has 68 heavy (non-hydrogen) atoms. The van der Waals surface area contributed by atoms with Gasteiger partial charge in [0.05, 0.1) is 0 Å². The number of fused-ring (bicyclic) bond motifs is 10. The molecular formula is C62H49N4OPt-3. The van der Waals surface area contributed by atoms with Crippen LogP contribution < -0.4 is 9.64 Å². The van der Waals surface area contributed by atoms with E-state index < -0.39 is 12.7 Å². The van der Waals surface area contributed by atoms with Crippen molar-refractivity contribution in [3.8, 4) is 28.4 Å². The predicted molar refractivity (Wildman–Crippen MR) is 280 cm³/mol. The van der Waals surface area contributed by atoms with Crippen LogP contribution in [-0.4, -0.2) is 14.1 Å². The molecule has 0 atom stereocenters. The first-order valence-electron chi connectivity index (χ1n) is 24.8. The van der Waals surface area contributed by atoms with Crippen LogP contribution in [0.25, 0.3) is 82.1 Å². The number of ether oxygens (including phenoxy) is 1. The number of aromatic nitrogens is 3. The molecule has 1 aliphatic heterocycles. The summed E-state index contributed by atoms with van der Waals surface area (Å²) in [4.78, 5) is 6.95. The number of aryl methyl sites for hydroxylation is 1. The standard InChI is InChI=1S/C62H49N4O.Pt/c1-39(2)41-30-31-63-59(35-41)66-56-26-12-11-22-52(56)53-29-28-46(37-58(53)66)67-45-17-13-16-44(36-45)64-38-65-60-47(42-32-40(3)33-43(34-42)62(4,5)6)23-14-24-54(60)50-20-9-7-18-48(50)49-19-8-10-21-51(49)55-25-15-27-57(64)61(55)65;/h7-35,38-39H,1-6H3;/q-3;/i3D3,39D;. The largest absolute Gasteiger partial charge is 0.509 e. The molecule has 0 bridgehead atoms. The molecule has 0 aliphatic carbocycles. The van der Waals surface area contributed by atoms with Gasteiger partial charge in [-0.2, -0.15) is 12.1 Å². The minimum Gasteiger partial charge on any atom is -0.509 e. The van der Waals surface area contributed by atoms with Crippen molar-refractivity contribution in [1.82, 2.24) is 14.1 Å². The van der Waals surface area contributed by atoms with Gasteiger partial charge in [-0.05, 0) is 120 Å². The van der Waals surface area contributed by atoms with E-state index in [9.17, 15) is 0 Å². The quantitative estimate of drug-likeness (QED) is 0.156. The smallest absolute Gasteiger partial charge is 0.135 e. The SMILES string of the molecule is [2H]C([2H])([2H])c1cc(-c2cccc3c4ccccc4c4ccccc4c4cccc5c4n(c23)[CH-]N5c2[c-]c(Oc3[c-]c4c(cc3)c3ccccc3n4-c3cc(C([2H])(C)C)ccn3)ccc2)cc(C(C)(C)C)c1.[Pt]. The maximum Gasteiger partial charge on any atom is 0.135 e. The van der Waals surface area contributed by atoms with E-state index in [1.54, 1.807) is 6.20 Å². The van der Waals surface area contributed by atoms with Crippen molar-refractivity contribution < 1.29 is 31.3 Å². The van der Waals surface area contributed by atoms with Crippen molar-refractivity contribution in [3.63, 3.8) is 0 Å². The van der Waals surface area contributed by atoms with Crippen molar-refractivity contribution in [3.05, 3.63) is 212 Å². The first kappa shape index (κ1) is 38.7. The molecule has 8 aromatic carbocycles. The minimum atomic E-state index is -2.31. The van der Waals surface area contributed by atoms with Crippen LogP contribution in [0.4, 0.5) is 11.4 Å². The summed E-state index contributed by atoms with van der Waals surface area (Å²) in [5.41, 5.74) is 8.99. The molecule has 0 saturated carbocycles. The van der Waals surface area contributed by atoms with Gasteiger partial charge in [0.15, 0.2) is 0 Å². The van der Waals surface area contributed by atoms with E-state index in [1.165, 1.54) is 0 Å². The van der Waals surface area contributed by atoms with Gasteiger partial charge in [-0.15, -0.1) is 35.7 Å². The Morgan fingerprint density at radius 2 is 1.28 bits per heavy atom. The zero-order chi connectivity index (χ0) is 49.0. The maximum absolute atomic E-state index is 8.75. The third-order valence-electron chi connectivity index (χ3n) is 13.2. The predicted octanol–water partition coefficient (Wildman–Crippen LogP) is 16.6. The molecule has 0 N–H and O–H groups in total. The topological polar surface area (TPSA) is 35.2 Å². The van der Waals surface area contributed by atoms with E-state index in [0.29, 0.717) is 22.9 Å². The van der Waals surface area contributed by atoms with Gasteiger partial charge in [0.2, 0.25) is 0 Å². The number of nitrogens with zero attached hydrogens (tertiary/aromatic N) is 4. The van der Waals surface area contributed by atoms with Crippen molar-refractivity contribution in [2.24, 2.45) is 0 Å². The summed E-state index contributed by atoms with van der Waals surface area (Å²) in [6, 6.07) is 65.1. The summed E-state index contributed by atoms with van der Waals surface area (Å²) in [7, 11) is 0. The van der Waals surface area contributed by atoms with Crippen LogP contribution in [0.5, 0.6) is 11.5 Å². The number of anilines is 2.